The third-order valence-corrected chi connectivity index (χ3v) is 3.11. The highest BCUT2D eigenvalue weighted by Gasteiger charge is 2.21. The van der Waals surface area contributed by atoms with E-state index in [1.54, 1.807) is 6.20 Å². The molecular weight excluding hydrogens is 246 g/mol. The van der Waals surface area contributed by atoms with Crippen molar-refractivity contribution in [3.05, 3.63) is 53.7 Å². The Morgan fingerprint density at radius 1 is 1.00 bits per heavy atom. The number of hydrogen-bond acceptors (Lipinski definition) is 1. The van der Waals surface area contributed by atoms with E-state index in [0.717, 1.165) is 16.8 Å². The first-order chi connectivity index (χ1) is 9.38. The quantitative estimate of drug-likeness (QED) is 0.599. The predicted octanol–water partition coefficient (Wildman–Crippen LogP) is 4.51. The lowest BCUT2D eigenvalue weighted by molar-refractivity contribution is -0.896. The third kappa shape index (κ3) is 3.83. The zero-order valence-electron chi connectivity index (χ0n) is 13.4. The molecule has 2 rings (SSSR count). The van der Waals surface area contributed by atoms with Crippen molar-refractivity contribution >= 4 is 0 Å². The maximum Gasteiger partial charge on any atom is 0.264 e. The van der Waals surface area contributed by atoms with Crippen LogP contribution in [0.3, 0.4) is 0 Å². The van der Waals surface area contributed by atoms with Gasteiger partial charge in [0.2, 0.25) is 6.20 Å². The van der Waals surface area contributed by atoms with Crippen molar-refractivity contribution in [1.82, 2.24) is 0 Å². The Labute approximate surface area is 122 Å². The van der Waals surface area contributed by atoms with Gasteiger partial charge in [-0.3, -0.25) is 5.21 Å². The smallest absolute Gasteiger partial charge is 0.264 e. The van der Waals surface area contributed by atoms with Crippen molar-refractivity contribution in [3.63, 3.8) is 0 Å². The van der Waals surface area contributed by atoms with Gasteiger partial charge in [-0.1, -0.05) is 52.3 Å². The van der Waals surface area contributed by atoms with Gasteiger partial charge in [-0.25, -0.2) is 0 Å². The molecule has 0 fully saturated rings. The minimum atomic E-state index is 0.0373. The Hall–Kier alpha value is -1.83. The summed E-state index contributed by atoms with van der Waals surface area (Å²) in [6, 6.07) is 12.2. The molecule has 1 N–H and O–H groups in total. The molecule has 0 unspecified atom stereocenters. The van der Waals surface area contributed by atoms with Crippen molar-refractivity contribution in [2.24, 2.45) is 0 Å². The van der Waals surface area contributed by atoms with Gasteiger partial charge in [0.05, 0.1) is 5.56 Å². The second-order valence-corrected chi connectivity index (χ2v) is 5.77. The molecule has 0 atom stereocenters. The van der Waals surface area contributed by atoms with Gasteiger partial charge in [0.25, 0.3) is 5.69 Å². The zero-order chi connectivity index (χ0) is 15.3. The molecule has 0 bridgehead atoms. The molecule has 0 saturated heterocycles. The Morgan fingerprint density at radius 3 is 2.15 bits per heavy atom. The summed E-state index contributed by atoms with van der Waals surface area (Å²) in [4.78, 5) is 0. The number of pyridine rings is 1. The number of aryl methyl sites for hydroxylation is 1. The maximum absolute atomic E-state index is 10.1. The summed E-state index contributed by atoms with van der Waals surface area (Å²) in [6.07, 6.45) is 1.79. The minimum Gasteiger partial charge on any atom is -0.285 e. The molecule has 1 aromatic carbocycles. The van der Waals surface area contributed by atoms with Crippen LogP contribution in [0.2, 0.25) is 0 Å². The summed E-state index contributed by atoms with van der Waals surface area (Å²) in [6.45, 7) is 12.5. The molecule has 0 spiro atoms. The van der Waals surface area contributed by atoms with Gasteiger partial charge < -0.3 is 0 Å². The average Bonchev–Trinajstić information content (AvgIpc) is 2.40. The standard InChI is InChI=1S/C16H20NO.C2H6/c1-12-6-5-7-13(10-12)15-9-8-14(11-17(15)18)16(2,3)4;1-2/h5-11,18H,1-4H3;1-2H3/q+1;. The van der Waals surface area contributed by atoms with Gasteiger partial charge in [-0.2, -0.15) is 0 Å². The highest BCUT2D eigenvalue weighted by atomic mass is 16.5. The summed E-state index contributed by atoms with van der Waals surface area (Å²) < 4.78 is 1.22. The van der Waals surface area contributed by atoms with Crippen LogP contribution in [0, 0.1) is 6.92 Å². The van der Waals surface area contributed by atoms with Crippen molar-refractivity contribution in [2.75, 3.05) is 0 Å². The van der Waals surface area contributed by atoms with Crippen molar-refractivity contribution in [3.8, 4) is 11.3 Å². The second-order valence-electron chi connectivity index (χ2n) is 5.77. The summed E-state index contributed by atoms with van der Waals surface area (Å²) in [5, 5.41) is 10.1. The molecule has 2 nitrogen and oxygen atoms in total. The van der Waals surface area contributed by atoms with E-state index in [4.69, 9.17) is 0 Å². The first kappa shape index (κ1) is 16.2. The van der Waals surface area contributed by atoms with Gasteiger partial charge in [-0.15, -0.1) is 0 Å². The van der Waals surface area contributed by atoms with E-state index in [9.17, 15) is 5.21 Å². The minimum absolute atomic E-state index is 0.0373. The van der Waals surface area contributed by atoms with Crippen LogP contribution in [-0.4, -0.2) is 5.21 Å². The molecule has 20 heavy (non-hydrogen) atoms. The van der Waals surface area contributed by atoms with Crippen molar-refractivity contribution < 1.29 is 9.94 Å². The Balaban J connectivity index is 0.000000956. The van der Waals surface area contributed by atoms with Gasteiger partial charge >= 0.3 is 0 Å². The van der Waals surface area contributed by atoms with E-state index in [-0.39, 0.29) is 5.41 Å². The molecule has 2 aromatic rings. The zero-order valence-corrected chi connectivity index (χ0v) is 13.4. The fraction of sp³-hybridized carbons (Fsp3) is 0.389. The Morgan fingerprint density at radius 2 is 1.65 bits per heavy atom. The lowest BCUT2D eigenvalue weighted by Gasteiger charge is -2.16. The number of hydrogen-bond donors (Lipinski definition) is 1. The van der Waals surface area contributed by atoms with Crippen molar-refractivity contribution in [2.45, 2.75) is 47.0 Å². The number of benzene rings is 1. The molecule has 0 radical (unpaired) electrons. The lowest BCUT2D eigenvalue weighted by atomic mass is 9.88. The molecular formula is C18H26NO+. The molecule has 0 aliphatic carbocycles. The van der Waals surface area contributed by atoms with Crippen LogP contribution in [0.15, 0.2) is 42.6 Å². The summed E-state index contributed by atoms with van der Waals surface area (Å²) in [7, 11) is 0. The largest absolute Gasteiger partial charge is 0.285 e. The average molecular weight is 272 g/mol. The fourth-order valence-corrected chi connectivity index (χ4v) is 1.97. The van der Waals surface area contributed by atoms with Crippen LogP contribution in [0.5, 0.6) is 0 Å². The second kappa shape index (κ2) is 6.56. The number of nitrogens with zero attached hydrogens (tertiary/aromatic N) is 1. The van der Waals surface area contributed by atoms with Gasteiger partial charge in [0, 0.05) is 16.4 Å². The van der Waals surface area contributed by atoms with E-state index in [1.807, 2.05) is 32.0 Å². The SMILES string of the molecule is CC.Cc1cccc(-c2ccc(C(C)(C)C)c[n+]2O)c1. The van der Waals surface area contributed by atoms with E-state index >= 15 is 0 Å². The highest BCUT2D eigenvalue weighted by molar-refractivity contribution is 5.57. The van der Waals surface area contributed by atoms with Gasteiger partial charge in [0.15, 0.2) is 0 Å². The van der Waals surface area contributed by atoms with Crippen LogP contribution < -0.4 is 4.73 Å². The van der Waals surface area contributed by atoms with Crippen LogP contribution in [0.25, 0.3) is 11.3 Å². The normalized spacial score (nSPS) is 10.7. The third-order valence-electron chi connectivity index (χ3n) is 3.11. The van der Waals surface area contributed by atoms with Crippen LogP contribution >= 0.6 is 0 Å². The van der Waals surface area contributed by atoms with Crippen LogP contribution in [-0.2, 0) is 5.41 Å². The molecule has 0 aliphatic heterocycles. The van der Waals surface area contributed by atoms with E-state index in [1.165, 1.54) is 10.3 Å². The van der Waals surface area contributed by atoms with E-state index in [2.05, 4.69) is 45.9 Å². The van der Waals surface area contributed by atoms with E-state index < -0.39 is 0 Å². The van der Waals surface area contributed by atoms with E-state index in [0.29, 0.717) is 0 Å². The van der Waals surface area contributed by atoms with Gasteiger partial charge in [-0.05, 0) is 30.5 Å². The first-order valence-corrected chi connectivity index (χ1v) is 7.20. The summed E-state index contributed by atoms with van der Waals surface area (Å²) >= 11 is 0. The fourth-order valence-electron chi connectivity index (χ4n) is 1.97. The molecule has 108 valence electrons. The van der Waals surface area contributed by atoms with Crippen LogP contribution in [0.1, 0.15) is 45.7 Å². The topological polar surface area (TPSA) is 24.1 Å². The molecule has 0 saturated carbocycles. The van der Waals surface area contributed by atoms with Gasteiger partial charge in [0.1, 0.15) is 0 Å². The first-order valence-electron chi connectivity index (χ1n) is 7.20. The molecule has 2 heteroatoms. The monoisotopic (exact) mass is 272 g/mol. The molecule has 0 amide bonds. The number of rotatable bonds is 1. The van der Waals surface area contributed by atoms with Crippen molar-refractivity contribution in [1.29, 1.82) is 0 Å². The predicted molar refractivity (Wildman–Crippen MR) is 84.0 cm³/mol. The summed E-state index contributed by atoms with van der Waals surface area (Å²) in [5.41, 5.74) is 4.17. The molecule has 1 aromatic heterocycles. The lowest BCUT2D eigenvalue weighted by Crippen LogP contribution is -2.34. The molecule has 0 aliphatic rings. The number of aromatic nitrogens is 1. The highest BCUT2D eigenvalue weighted by Crippen LogP contribution is 2.23. The maximum atomic E-state index is 10.1. The Kier molecular flexibility index (Phi) is 5.32. The summed E-state index contributed by atoms with van der Waals surface area (Å²) in [5.74, 6) is 0. The molecule has 1 heterocycles. The van der Waals surface area contributed by atoms with Crippen LogP contribution in [0.4, 0.5) is 0 Å². The Bertz CT molecular complexity index is 568.